The lowest BCUT2D eigenvalue weighted by Gasteiger charge is -2.19. The van der Waals surface area contributed by atoms with Crippen LogP contribution in [0, 0.1) is 11.3 Å². The molecule has 1 fully saturated rings. The third-order valence-corrected chi connectivity index (χ3v) is 3.58. The van der Waals surface area contributed by atoms with Gasteiger partial charge in [-0.25, -0.2) is 0 Å². The Balaban J connectivity index is 1.95. The summed E-state index contributed by atoms with van der Waals surface area (Å²) in [6, 6.07) is 11.4. The summed E-state index contributed by atoms with van der Waals surface area (Å²) in [5, 5.41) is 11.8. The summed E-state index contributed by atoms with van der Waals surface area (Å²) in [6.07, 6.45) is 1.12. The van der Waals surface area contributed by atoms with Gasteiger partial charge in [-0.05, 0) is 30.0 Å². The van der Waals surface area contributed by atoms with Gasteiger partial charge in [0.1, 0.15) is 0 Å². The van der Waals surface area contributed by atoms with Crippen molar-refractivity contribution in [1.82, 2.24) is 5.32 Å². The molecule has 0 amide bonds. The fourth-order valence-electron chi connectivity index (χ4n) is 2.42. The Labute approximate surface area is 109 Å². The summed E-state index contributed by atoms with van der Waals surface area (Å²) in [4.78, 5) is 2.39. The van der Waals surface area contributed by atoms with Gasteiger partial charge in [0.25, 0.3) is 0 Å². The Kier molecular flexibility index (Phi) is 4.22. The van der Waals surface area contributed by atoms with Crippen molar-refractivity contribution in [2.45, 2.75) is 32.2 Å². The molecule has 3 heteroatoms. The molecule has 18 heavy (non-hydrogen) atoms. The van der Waals surface area contributed by atoms with E-state index in [2.05, 4.69) is 54.4 Å². The van der Waals surface area contributed by atoms with E-state index in [9.17, 15) is 0 Å². The van der Waals surface area contributed by atoms with Gasteiger partial charge in [0.2, 0.25) is 0 Å². The first-order valence-corrected chi connectivity index (χ1v) is 6.66. The monoisotopic (exact) mass is 243 g/mol. The van der Waals surface area contributed by atoms with E-state index in [0.717, 1.165) is 19.5 Å². The first kappa shape index (κ1) is 12.9. The van der Waals surface area contributed by atoms with Gasteiger partial charge in [0.05, 0.1) is 12.6 Å². The lowest BCUT2D eigenvalue weighted by Crippen LogP contribution is -2.32. The van der Waals surface area contributed by atoms with Crippen LogP contribution in [0.15, 0.2) is 24.3 Å². The van der Waals surface area contributed by atoms with Crippen molar-refractivity contribution in [2.75, 3.05) is 24.5 Å². The van der Waals surface area contributed by atoms with Crippen LogP contribution >= 0.6 is 0 Å². The predicted molar refractivity (Wildman–Crippen MR) is 74.8 cm³/mol. The fourth-order valence-corrected chi connectivity index (χ4v) is 2.42. The van der Waals surface area contributed by atoms with Gasteiger partial charge in [-0.15, -0.1) is 0 Å². The van der Waals surface area contributed by atoms with Crippen LogP contribution in [0.5, 0.6) is 0 Å². The van der Waals surface area contributed by atoms with Crippen LogP contribution in [0.4, 0.5) is 5.69 Å². The number of benzene rings is 1. The maximum absolute atomic E-state index is 8.57. The number of rotatable bonds is 4. The molecule has 1 aromatic rings. The average Bonchev–Trinajstić information content (AvgIpc) is 2.85. The molecule has 0 spiro atoms. The highest BCUT2D eigenvalue weighted by atomic mass is 15.2. The molecular weight excluding hydrogens is 222 g/mol. The Morgan fingerprint density at radius 1 is 1.39 bits per heavy atom. The van der Waals surface area contributed by atoms with Gasteiger partial charge >= 0.3 is 0 Å². The van der Waals surface area contributed by atoms with Crippen molar-refractivity contribution >= 4 is 5.69 Å². The van der Waals surface area contributed by atoms with Crippen LogP contribution in [-0.4, -0.2) is 25.7 Å². The highest BCUT2D eigenvalue weighted by Crippen LogP contribution is 2.23. The summed E-state index contributed by atoms with van der Waals surface area (Å²) in [5.74, 6) is 0.586. The molecule has 0 bridgehead atoms. The molecule has 3 nitrogen and oxygen atoms in total. The number of hydrogen-bond acceptors (Lipinski definition) is 3. The Hall–Kier alpha value is -1.53. The van der Waals surface area contributed by atoms with Crippen LogP contribution in [0.2, 0.25) is 0 Å². The third kappa shape index (κ3) is 3.02. The van der Waals surface area contributed by atoms with E-state index in [1.807, 2.05) is 0 Å². The predicted octanol–water partition coefficient (Wildman–Crippen LogP) is 2.50. The Morgan fingerprint density at radius 3 is 2.72 bits per heavy atom. The lowest BCUT2D eigenvalue weighted by molar-refractivity contribution is 0.591. The molecule has 1 saturated heterocycles. The van der Waals surface area contributed by atoms with Crippen molar-refractivity contribution in [2.24, 2.45) is 0 Å². The normalized spacial score (nSPS) is 19.2. The van der Waals surface area contributed by atoms with E-state index >= 15 is 0 Å². The van der Waals surface area contributed by atoms with Crippen molar-refractivity contribution in [1.29, 1.82) is 5.26 Å². The van der Waals surface area contributed by atoms with E-state index in [4.69, 9.17) is 5.26 Å². The van der Waals surface area contributed by atoms with Crippen molar-refractivity contribution in [3.05, 3.63) is 29.8 Å². The summed E-state index contributed by atoms with van der Waals surface area (Å²) in [6.45, 7) is 6.96. The van der Waals surface area contributed by atoms with Crippen LogP contribution in [0.3, 0.4) is 0 Å². The first-order chi connectivity index (χ1) is 8.70. The van der Waals surface area contributed by atoms with E-state index in [1.54, 1.807) is 0 Å². The molecular formula is C15H21N3. The second-order valence-electron chi connectivity index (χ2n) is 5.22. The zero-order valence-corrected chi connectivity index (χ0v) is 11.2. The molecule has 2 rings (SSSR count). The number of hydrogen-bond donors (Lipinski definition) is 1. The maximum Gasteiger partial charge on any atom is 0.0843 e. The van der Waals surface area contributed by atoms with Gasteiger partial charge in [-0.1, -0.05) is 26.0 Å². The molecule has 1 aliphatic rings. The maximum atomic E-state index is 8.57. The van der Waals surface area contributed by atoms with E-state index in [1.165, 1.54) is 11.3 Å². The fraction of sp³-hybridized carbons (Fsp3) is 0.533. The van der Waals surface area contributed by atoms with Gasteiger partial charge < -0.3 is 4.90 Å². The second kappa shape index (κ2) is 5.88. The Bertz CT molecular complexity index is 416. The zero-order valence-electron chi connectivity index (χ0n) is 11.2. The van der Waals surface area contributed by atoms with Crippen molar-refractivity contribution in [3.63, 3.8) is 0 Å². The third-order valence-electron chi connectivity index (χ3n) is 3.58. The summed E-state index contributed by atoms with van der Waals surface area (Å²) < 4.78 is 0. The molecule has 0 radical (unpaired) electrons. The molecule has 1 aromatic carbocycles. The number of nitriles is 1. The quantitative estimate of drug-likeness (QED) is 0.826. The standard InChI is InChI=1S/C15H21N3/c1-12(2)13-3-5-15(6-4-13)18-10-7-14(11-18)17-9-8-16/h3-6,12,14,17H,7,9-11H2,1-2H3. The number of nitrogens with one attached hydrogen (secondary N) is 1. The molecule has 1 N–H and O–H groups in total. The first-order valence-electron chi connectivity index (χ1n) is 6.66. The SMILES string of the molecule is CC(C)c1ccc(N2CCC(NCC#N)C2)cc1. The van der Waals surface area contributed by atoms with Crippen LogP contribution in [0.1, 0.15) is 31.7 Å². The minimum absolute atomic E-state index is 0.449. The molecule has 1 atom stereocenters. The topological polar surface area (TPSA) is 39.1 Å². The molecule has 1 aliphatic heterocycles. The average molecular weight is 243 g/mol. The highest BCUT2D eigenvalue weighted by Gasteiger charge is 2.21. The van der Waals surface area contributed by atoms with Gasteiger partial charge in [0, 0.05) is 24.8 Å². The van der Waals surface area contributed by atoms with Gasteiger partial charge in [-0.3, -0.25) is 5.32 Å². The smallest absolute Gasteiger partial charge is 0.0843 e. The lowest BCUT2D eigenvalue weighted by atomic mass is 10.0. The van der Waals surface area contributed by atoms with E-state index < -0.39 is 0 Å². The number of nitrogens with zero attached hydrogens (tertiary/aromatic N) is 2. The zero-order chi connectivity index (χ0) is 13.0. The van der Waals surface area contributed by atoms with Crippen LogP contribution < -0.4 is 10.2 Å². The van der Waals surface area contributed by atoms with Crippen molar-refractivity contribution in [3.8, 4) is 6.07 Å². The van der Waals surface area contributed by atoms with Crippen LogP contribution in [0.25, 0.3) is 0 Å². The van der Waals surface area contributed by atoms with Crippen molar-refractivity contribution < 1.29 is 0 Å². The van der Waals surface area contributed by atoms with E-state index in [0.29, 0.717) is 18.5 Å². The van der Waals surface area contributed by atoms with Crippen LogP contribution in [-0.2, 0) is 0 Å². The molecule has 1 heterocycles. The largest absolute Gasteiger partial charge is 0.370 e. The molecule has 1 unspecified atom stereocenters. The Morgan fingerprint density at radius 2 is 2.11 bits per heavy atom. The minimum atomic E-state index is 0.449. The van der Waals surface area contributed by atoms with Gasteiger partial charge in [0.15, 0.2) is 0 Å². The summed E-state index contributed by atoms with van der Waals surface area (Å²) in [7, 11) is 0. The van der Waals surface area contributed by atoms with E-state index in [-0.39, 0.29) is 0 Å². The summed E-state index contributed by atoms with van der Waals surface area (Å²) in [5.41, 5.74) is 2.68. The van der Waals surface area contributed by atoms with Gasteiger partial charge in [-0.2, -0.15) is 5.26 Å². The second-order valence-corrected chi connectivity index (χ2v) is 5.22. The molecule has 96 valence electrons. The summed E-state index contributed by atoms with van der Waals surface area (Å²) >= 11 is 0. The minimum Gasteiger partial charge on any atom is -0.370 e. The number of anilines is 1. The highest BCUT2D eigenvalue weighted by molar-refractivity contribution is 5.49. The molecule has 0 saturated carbocycles. The molecule has 0 aliphatic carbocycles. The molecule has 0 aromatic heterocycles.